The second kappa shape index (κ2) is 8.93. The number of rotatable bonds is 3. The number of benzene rings is 2. The molecule has 0 bridgehead atoms. The van der Waals surface area contributed by atoms with Crippen LogP contribution in [0.25, 0.3) is 10.9 Å². The number of anilines is 2. The van der Waals surface area contributed by atoms with E-state index < -0.39 is 17.8 Å². The fraction of sp³-hybridized carbons (Fsp3) is 0.391. The molecule has 1 unspecified atom stereocenters. The van der Waals surface area contributed by atoms with Crippen molar-refractivity contribution in [3.05, 3.63) is 47.3 Å². The first-order valence-electron chi connectivity index (χ1n) is 10.5. The number of nitrogens with zero attached hydrogens (tertiary/aromatic N) is 2. The van der Waals surface area contributed by atoms with Crippen molar-refractivity contribution in [1.82, 2.24) is 9.97 Å². The minimum absolute atomic E-state index is 0.0383. The Labute approximate surface area is 189 Å². The van der Waals surface area contributed by atoms with Gasteiger partial charge in [0.05, 0.1) is 30.3 Å². The molecule has 1 aliphatic heterocycles. The number of alkyl halides is 3. The van der Waals surface area contributed by atoms with Crippen LogP contribution in [-0.4, -0.2) is 35.9 Å². The SMILES string of the molecule is Cc1nc(N[C@H](C)c2cc(N)cc(C(F)(F)F)c2)c2cc3c(cc2n1)OCCOCC(C)O3. The van der Waals surface area contributed by atoms with Gasteiger partial charge in [0.25, 0.3) is 0 Å². The van der Waals surface area contributed by atoms with Crippen LogP contribution < -0.4 is 20.5 Å². The van der Waals surface area contributed by atoms with Gasteiger partial charge in [-0.3, -0.25) is 0 Å². The average Bonchev–Trinajstić information content (AvgIpc) is 2.81. The van der Waals surface area contributed by atoms with Gasteiger partial charge in [-0.05, 0) is 50.6 Å². The maximum Gasteiger partial charge on any atom is 0.416 e. The Hall–Kier alpha value is -3.27. The van der Waals surface area contributed by atoms with Gasteiger partial charge < -0.3 is 25.3 Å². The van der Waals surface area contributed by atoms with Gasteiger partial charge in [0.1, 0.15) is 24.4 Å². The second-order valence-electron chi connectivity index (χ2n) is 8.04. The fourth-order valence-corrected chi connectivity index (χ4v) is 3.66. The summed E-state index contributed by atoms with van der Waals surface area (Å²) in [4.78, 5) is 8.99. The molecule has 0 saturated heterocycles. The van der Waals surface area contributed by atoms with Crippen molar-refractivity contribution in [1.29, 1.82) is 0 Å². The monoisotopic (exact) mass is 462 g/mol. The molecule has 3 N–H and O–H groups in total. The summed E-state index contributed by atoms with van der Waals surface area (Å²) in [5.74, 6) is 2.03. The van der Waals surface area contributed by atoms with E-state index in [1.165, 1.54) is 6.07 Å². The topological polar surface area (TPSA) is 91.5 Å². The molecule has 2 heterocycles. The van der Waals surface area contributed by atoms with Gasteiger partial charge >= 0.3 is 6.18 Å². The summed E-state index contributed by atoms with van der Waals surface area (Å²) in [6, 6.07) is 6.56. The van der Waals surface area contributed by atoms with E-state index in [0.717, 1.165) is 12.1 Å². The number of hydrogen-bond donors (Lipinski definition) is 2. The zero-order valence-corrected chi connectivity index (χ0v) is 18.5. The lowest BCUT2D eigenvalue weighted by molar-refractivity contribution is -0.137. The smallest absolute Gasteiger partial charge is 0.416 e. The zero-order valence-electron chi connectivity index (χ0n) is 18.5. The maximum atomic E-state index is 13.3. The van der Waals surface area contributed by atoms with Crippen molar-refractivity contribution in [2.75, 3.05) is 30.9 Å². The molecule has 7 nitrogen and oxygen atoms in total. The number of fused-ring (bicyclic) bond motifs is 2. The highest BCUT2D eigenvalue weighted by Gasteiger charge is 2.31. The number of hydrogen-bond acceptors (Lipinski definition) is 7. The number of aromatic nitrogens is 2. The van der Waals surface area contributed by atoms with E-state index in [-0.39, 0.29) is 11.8 Å². The van der Waals surface area contributed by atoms with E-state index in [1.54, 1.807) is 26.0 Å². The number of nitrogens with two attached hydrogens (primary N) is 1. The van der Waals surface area contributed by atoms with Crippen LogP contribution in [0, 0.1) is 6.92 Å². The van der Waals surface area contributed by atoms with Gasteiger partial charge in [-0.15, -0.1) is 0 Å². The molecule has 0 saturated carbocycles. The zero-order chi connectivity index (χ0) is 23.8. The molecule has 33 heavy (non-hydrogen) atoms. The van der Waals surface area contributed by atoms with Gasteiger partial charge in [-0.25, -0.2) is 9.97 Å². The minimum Gasteiger partial charge on any atom is -0.487 e. The molecular weight excluding hydrogens is 437 g/mol. The molecule has 10 heteroatoms. The molecule has 176 valence electrons. The lowest BCUT2D eigenvalue weighted by Crippen LogP contribution is -2.19. The Kier molecular flexibility index (Phi) is 6.20. The van der Waals surface area contributed by atoms with Crippen molar-refractivity contribution >= 4 is 22.4 Å². The third-order valence-corrected chi connectivity index (χ3v) is 5.20. The lowest BCUT2D eigenvalue weighted by atomic mass is 10.0. The largest absolute Gasteiger partial charge is 0.487 e. The Morgan fingerprint density at radius 3 is 2.64 bits per heavy atom. The predicted molar refractivity (Wildman–Crippen MR) is 119 cm³/mol. The van der Waals surface area contributed by atoms with Crippen molar-refractivity contribution in [3.8, 4) is 11.5 Å². The van der Waals surface area contributed by atoms with Gasteiger partial charge in [0.15, 0.2) is 11.5 Å². The summed E-state index contributed by atoms with van der Waals surface area (Å²) in [6.45, 7) is 6.62. The molecule has 0 fully saturated rings. The number of nitrogen functional groups attached to an aromatic ring is 1. The first kappa shape index (κ1) is 22.9. The summed E-state index contributed by atoms with van der Waals surface area (Å²) < 4.78 is 57.1. The van der Waals surface area contributed by atoms with Crippen molar-refractivity contribution in [3.63, 3.8) is 0 Å². The normalized spacial score (nSPS) is 17.7. The minimum atomic E-state index is -4.49. The third-order valence-electron chi connectivity index (χ3n) is 5.20. The molecule has 2 atom stereocenters. The average molecular weight is 462 g/mol. The van der Waals surface area contributed by atoms with Crippen molar-refractivity contribution in [2.24, 2.45) is 0 Å². The Morgan fingerprint density at radius 1 is 1.09 bits per heavy atom. The second-order valence-corrected chi connectivity index (χ2v) is 8.04. The number of nitrogens with one attached hydrogen (secondary N) is 1. The van der Waals surface area contributed by atoms with Crippen LogP contribution in [0.4, 0.5) is 24.7 Å². The highest BCUT2D eigenvalue weighted by Crippen LogP contribution is 2.37. The van der Waals surface area contributed by atoms with Crippen LogP contribution in [0.15, 0.2) is 30.3 Å². The standard InChI is InChI=1S/C23H25F3N4O3/c1-12-11-31-4-5-32-20-10-19-18(9-21(20)33-12)22(30-14(3)29-19)28-13(2)15-6-16(23(24,25)26)8-17(27)7-15/h6-10,12-13H,4-5,11,27H2,1-3H3,(H,28,29,30)/t12?,13-/m1/s1. The molecule has 0 spiro atoms. The number of halogens is 3. The highest BCUT2D eigenvalue weighted by atomic mass is 19.4. The summed E-state index contributed by atoms with van der Waals surface area (Å²) in [6.07, 6.45) is -4.69. The van der Waals surface area contributed by atoms with Crippen molar-refractivity contribution < 1.29 is 27.4 Å². The van der Waals surface area contributed by atoms with E-state index >= 15 is 0 Å². The van der Waals surface area contributed by atoms with Crippen LogP contribution in [0.3, 0.4) is 0 Å². The van der Waals surface area contributed by atoms with Crippen molar-refractivity contribution in [2.45, 2.75) is 39.1 Å². The first-order chi connectivity index (χ1) is 15.6. The van der Waals surface area contributed by atoms with E-state index in [2.05, 4.69) is 15.3 Å². The van der Waals surface area contributed by atoms with E-state index in [9.17, 15) is 13.2 Å². The Balaban J connectivity index is 1.73. The quantitative estimate of drug-likeness (QED) is 0.536. The molecule has 1 aliphatic rings. The van der Waals surface area contributed by atoms with Gasteiger partial charge in [0, 0.05) is 17.1 Å². The molecule has 2 aromatic carbocycles. The summed E-state index contributed by atoms with van der Waals surface area (Å²) in [5, 5.41) is 3.87. The van der Waals surface area contributed by atoms with Crippen LogP contribution in [-0.2, 0) is 10.9 Å². The van der Waals surface area contributed by atoms with Crippen LogP contribution in [0.5, 0.6) is 11.5 Å². The maximum absolute atomic E-state index is 13.3. The molecule has 1 aromatic heterocycles. The number of ether oxygens (including phenoxy) is 3. The fourth-order valence-electron chi connectivity index (χ4n) is 3.66. The molecule has 0 radical (unpaired) electrons. The molecule has 3 aromatic rings. The van der Waals surface area contributed by atoms with Gasteiger partial charge in [-0.2, -0.15) is 13.2 Å². The van der Waals surface area contributed by atoms with Crippen LogP contribution in [0.2, 0.25) is 0 Å². The van der Waals surface area contributed by atoms with Gasteiger partial charge in [0.2, 0.25) is 0 Å². The summed E-state index contributed by atoms with van der Waals surface area (Å²) in [5.41, 5.74) is 5.99. The molecular formula is C23H25F3N4O3. The van der Waals surface area contributed by atoms with Crippen LogP contribution in [0.1, 0.15) is 36.8 Å². The molecule has 0 aliphatic carbocycles. The molecule has 0 amide bonds. The first-order valence-corrected chi connectivity index (χ1v) is 10.5. The van der Waals surface area contributed by atoms with E-state index in [4.69, 9.17) is 19.9 Å². The Bertz CT molecular complexity index is 1170. The lowest BCUT2D eigenvalue weighted by Gasteiger charge is -2.20. The summed E-state index contributed by atoms with van der Waals surface area (Å²) >= 11 is 0. The summed E-state index contributed by atoms with van der Waals surface area (Å²) in [7, 11) is 0. The third kappa shape index (κ3) is 5.22. The van der Waals surface area contributed by atoms with Crippen LogP contribution >= 0.6 is 0 Å². The van der Waals surface area contributed by atoms with Gasteiger partial charge in [-0.1, -0.05) is 0 Å². The van der Waals surface area contributed by atoms with E-state index in [0.29, 0.717) is 59.4 Å². The van der Waals surface area contributed by atoms with E-state index in [1.807, 2.05) is 6.92 Å². The number of aryl methyl sites for hydroxylation is 1. The Morgan fingerprint density at radius 2 is 1.88 bits per heavy atom. The molecule has 4 rings (SSSR count). The highest BCUT2D eigenvalue weighted by molar-refractivity contribution is 5.92. The predicted octanol–water partition coefficient (Wildman–Crippen LogP) is 4.89.